The molecule has 3 nitrogen and oxygen atoms in total. The van der Waals surface area contributed by atoms with E-state index in [9.17, 15) is 4.79 Å². The molecule has 1 aromatic carbocycles. The van der Waals surface area contributed by atoms with E-state index in [1.807, 2.05) is 24.5 Å². The first-order chi connectivity index (χ1) is 9.29. The number of nitrogens with one attached hydrogen (secondary N) is 1. The molecule has 0 saturated carbocycles. The lowest BCUT2D eigenvalue weighted by Gasteiger charge is -2.14. The summed E-state index contributed by atoms with van der Waals surface area (Å²) in [6.45, 7) is 1.49. The zero-order valence-electron chi connectivity index (χ0n) is 11.4. The molecule has 1 aliphatic rings. The predicted molar refractivity (Wildman–Crippen MR) is 79.8 cm³/mol. The Morgan fingerprint density at radius 3 is 3.16 bits per heavy atom. The van der Waals surface area contributed by atoms with E-state index in [-0.39, 0.29) is 5.91 Å². The fourth-order valence-corrected chi connectivity index (χ4v) is 2.67. The van der Waals surface area contributed by atoms with E-state index < -0.39 is 0 Å². The van der Waals surface area contributed by atoms with Gasteiger partial charge in [-0.05, 0) is 36.6 Å². The molecule has 1 amide bonds. The molecular weight excluding hydrogens is 258 g/mol. The second kappa shape index (κ2) is 7.43. The van der Waals surface area contributed by atoms with Gasteiger partial charge in [0.05, 0.1) is 6.61 Å². The van der Waals surface area contributed by atoms with Crippen molar-refractivity contribution in [2.75, 3.05) is 25.2 Å². The molecule has 0 aliphatic carbocycles. The van der Waals surface area contributed by atoms with Gasteiger partial charge < -0.3 is 10.1 Å². The maximum Gasteiger partial charge on any atom is 0.220 e. The van der Waals surface area contributed by atoms with E-state index in [0.29, 0.717) is 12.3 Å². The van der Waals surface area contributed by atoms with Gasteiger partial charge in [-0.15, -0.1) is 0 Å². The lowest BCUT2D eigenvalue weighted by atomic mass is 9.97. The average molecular weight is 279 g/mol. The maximum absolute atomic E-state index is 11.6. The van der Waals surface area contributed by atoms with Crippen LogP contribution >= 0.6 is 11.8 Å². The summed E-state index contributed by atoms with van der Waals surface area (Å²) in [4.78, 5) is 11.6. The molecule has 0 bridgehead atoms. The summed E-state index contributed by atoms with van der Waals surface area (Å²) >= 11 is 1.70. The van der Waals surface area contributed by atoms with Gasteiger partial charge in [-0.2, -0.15) is 11.8 Å². The summed E-state index contributed by atoms with van der Waals surface area (Å²) in [5, 5.41) is 3.04. The molecule has 4 heteroatoms. The number of fused-ring (bicyclic) bond motifs is 1. The van der Waals surface area contributed by atoms with Crippen LogP contribution < -0.4 is 10.1 Å². The Balaban J connectivity index is 1.84. The Kier molecular flexibility index (Phi) is 5.58. The third-order valence-electron chi connectivity index (χ3n) is 3.39. The lowest BCUT2D eigenvalue weighted by molar-refractivity contribution is -0.120. The monoisotopic (exact) mass is 279 g/mol. The first-order valence-electron chi connectivity index (χ1n) is 6.76. The van der Waals surface area contributed by atoms with Crippen LogP contribution in [0.4, 0.5) is 0 Å². The molecule has 0 radical (unpaired) electrons. The Hall–Kier alpha value is -1.16. The molecule has 1 N–H and O–H groups in total. The number of carbonyl (C=O) groups is 1. The molecule has 1 heterocycles. The van der Waals surface area contributed by atoms with E-state index in [4.69, 9.17) is 4.74 Å². The van der Waals surface area contributed by atoms with E-state index in [1.165, 1.54) is 5.56 Å². The molecule has 104 valence electrons. The number of amides is 1. The summed E-state index contributed by atoms with van der Waals surface area (Å²) in [5.74, 6) is 2.52. The average Bonchev–Trinajstić information content (AvgIpc) is 2.64. The summed E-state index contributed by atoms with van der Waals surface area (Å²) in [6, 6.07) is 8.18. The zero-order chi connectivity index (χ0) is 13.5. The Morgan fingerprint density at radius 1 is 1.47 bits per heavy atom. The Bertz CT molecular complexity index is 422. The molecule has 1 atom stereocenters. The van der Waals surface area contributed by atoms with Gasteiger partial charge in [0.1, 0.15) is 5.75 Å². The highest BCUT2D eigenvalue weighted by Gasteiger charge is 2.17. The number of carbonyl (C=O) groups excluding carboxylic acids is 1. The van der Waals surface area contributed by atoms with Crippen molar-refractivity contribution < 1.29 is 9.53 Å². The largest absolute Gasteiger partial charge is 0.493 e. The highest BCUT2D eigenvalue weighted by molar-refractivity contribution is 7.98. The number of thioether (sulfide) groups is 1. The lowest BCUT2D eigenvalue weighted by Crippen LogP contribution is -2.30. The van der Waals surface area contributed by atoms with Crippen LogP contribution in [0, 0.1) is 5.92 Å². The van der Waals surface area contributed by atoms with Crippen LogP contribution in [0.15, 0.2) is 24.3 Å². The van der Waals surface area contributed by atoms with E-state index >= 15 is 0 Å². The summed E-state index contributed by atoms with van der Waals surface area (Å²) in [7, 11) is 0. The number of hydrogen-bond donors (Lipinski definition) is 1. The molecule has 2 rings (SSSR count). The SMILES string of the molecule is CSCCC(=O)NCC1CCOc2ccccc2C1. The fraction of sp³-hybridized carbons (Fsp3) is 0.533. The van der Waals surface area contributed by atoms with Crippen molar-refractivity contribution in [2.45, 2.75) is 19.3 Å². The van der Waals surface area contributed by atoms with Crippen LogP contribution in [0.1, 0.15) is 18.4 Å². The normalized spacial score (nSPS) is 18.1. The molecule has 1 aliphatic heterocycles. The van der Waals surface area contributed by atoms with Crippen molar-refractivity contribution in [3.8, 4) is 5.75 Å². The van der Waals surface area contributed by atoms with Crippen molar-refractivity contribution in [1.82, 2.24) is 5.32 Å². The van der Waals surface area contributed by atoms with Crippen LogP contribution in [0.3, 0.4) is 0 Å². The molecule has 0 fully saturated rings. The minimum Gasteiger partial charge on any atom is -0.493 e. The van der Waals surface area contributed by atoms with Crippen LogP contribution in [0.25, 0.3) is 0 Å². The molecule has 1 aromatic rings. The zero-order valence-corrected chi connectivity index (χ0v) is 12.2. The van der Waals surface area contributed by atoms with Crippen LogP contribution in [0.2, 0.25) is 0 Å². The van der Waals surface area contributed by atoms with Crippen molar-refractivity contribution in [3.63, 3.8) is 0 Å². The second-order valence-electron chi connectivity index (χ2n) is 4.86. The first-order valence-corrected chi connectivity index (χ1v) is 8.15. The van der Waals surface area contributed by atoms with Crippen molar-refractivity contribution >= 4 is 17.7 Å². The number of rotatable bonds is 5. The third-order valence-corrected chi connectivity index (χ3v) is 4.00. The molecule has 19 heavy (non-hydrogen) atoms. The molecule has 0 spiro atoms. The smallest absolute Gasteiger partial charge is 0.220 e. The van der Waals surface area contributed by atoms with Crippen molar-refractivity contribution in [3.05, 3.63) is 29.8 Å². The van der Waals surface area contributed by atoms with Gasteiger partial charge in [0.25, 0.3) is 0 Å². The third kappa shape index (κ3) is 4.46. The van der Waals surface area contributed by atoms with Crippen LogP contribution in [0.5, 0.6) is 5.75 Å². The summed E-state index contributed by atoms with van der Waals surface area (Å²) in [5.41, 5.74) is 1.25. The van der Waals surface area contributed by atoms with Crippen LogP contribution in [-0.2, 0) is 11.2 Å². The minimum atomic E-state index is 0.160. The van der Waals surface area contributed by atoms with Gasteiger partial charge in [-0.3, -0.25) is 4.79 Å². The van der Waals surface area contributed by atoms with Gasteiger partial charge in [0.2, 0.25) is 5.91 Å². The second-order valence-corrected chi connectivity index (χ2v) is 5.85. The van der Waals surface area contributed by atoms with E-state index in [0.717, 1.165) is 37.5 Å². The molecular formula is C15H21NO2S. The standard InChI is InChI=1S/C15H21NO2S/c1-19-9-7-15(17)16-11-12-6-8-18-14-5-3-2-4-13(14)10-12/h2-5,12H,6-11H2,1H3,(H,16,17). The van der Waals surface area contributed by atoms with Gasteiger partial charge in [0, 0.05) is 18.7 Å². The minimum absolute atomic E-state index is 0.160. The topological polar surface area (TPSA) is 38.3 Å². The fourth-order valence-electron chi connectivity index (χ4n) is 2.28. The van der Waals surface area contributed by atoms with Gasteiger partial charge in [-0.25, -0.2) is 0 Å². The number of benzene rings is 1. The van der Waals surface area contributed by atoms with Gasteiger partial charge >= 0.3 is 0 Å². The highest BCUT2D eigenvalue weighted by Crippen LogP contribution is 2.26. The Labute approximate surface area is 119 Å². The van der Waals surface area contributed by atoms with E-state index in [2.05, 4.69) is 11.4 Å². The summed E-state index contributed by atoms with van der Waals surface area (Å²) in [6.07, 6.45) is 4.62. The molecule has 1 unspecified atom stereocenters. The Morgan fingerprint density at radius 2 is 2.32 bits per heavy atom. The van der Waals surface area contributed by atoms with Gasteiger partial charge in [0.15, 0.2) is 0 Å². The highest BCUT2D eigenvalue weighted by atomic mass is 32.2. The van der Waals surface area contributed by atoms with Crippen LogP contribution in [-0.4, -0.2) is 31.1 Å². The summed E-state index contributed by atoms with van der Waals surface area (Å²) < 4.78 is 5.73. The first kappa shape index (κ1) is 14.3. The van der Waals surface area contributed by atoms with Gasteiger partial charge in [-0.1, -0.05) is 18.2 Å². The van der Waals surface area contributed by atoms with E-state index in [1.54, 1.807) is 11.8 Å². The number of ether oxygens (including phenoxy) is 1. The number of hydrogen-bond acceptors (Lipinski definition) is 3. The van der Waals surface area contributed by atoms with Crippen molar-refractivity contribution in [1.29, 1.82) is 0 Å². The molecule has 0 saturated heterocycles. The molecule has 0 aromatic heterocycles. The van der Waals surface area contributed by atoms with Crippen molar-refractivity contribution in [2.24, 2.45) is 5.92 Å². The number of para-hydroxylation sites is 1. The maximum atomic E-state index is 11.6. The predicted octanol–water partition coefficient (Wildman–Crippen LogP) is 2.50. The quantitative estimate of drug-likeness (QED) is 0.900.